The van der Waals surface area contributed by atoms with E-state index in [0.29, 0.717) is 13.2 Å². The van der Waals surface area contributed by atoms with Crippen LogP contribution in [0.1, 0.15) is 25.7 Å². The molecule has 0 unspecified atom stereocenters. The number of ether oxygens (including phenoxy) is 1. The van der Waals surface area contributed by atoms with Gasteiger partial charge in [-0.05, 0) is 25.7 Å². The van der Waals surface area contributed by atoms with E-state index in [1.54, 1.807) is 0 Å². The summed E-state index contributed by atoms with van der Waals surface area (Å²) in [7, 11) is 0. The predicted molar refractivity (Wildman–Crippen MR) is 45.9 cm³/mol. The standard InChI is InChI=1S/C9H15NO3/c11-9(8-4-3-6-12-8)10-5-1-2-7-13-10/h8H,1-7H2/t8-/m0/s1. The van der Waals surface area contributed by atoms with Crippen LogP contribution in [-0.2, 0) is 14.4 Å². The van der Waals surface area contributed by atoms with Crippen LogP contribution in [0.15, 0.2) is 0 Å². The minimum atomic E-state index is -0.238. The van der Waals surface area contributed by atoms with Gasteiger partial charge in [-0.3, -0.25) is 9.63 Å². The van der Waals surface area contributed by atoms with Gasteiger partial charge >= 0.3 is 0 Å². The van der Waals surface area contributed by atoms with E-state index in [4.69, 9.17) is 9.57 Å². The Morgan fingerprint density at radius 1 is 1.23 bits per heavy atom. The quantitative estimate of drug-likeness (QED) is 0.604. The SMILES string of the molecule is O=C([C@@H]1CCCO1)N1CCCCO1. The van der Waals surface area contributed by atoms with Crippen molar-refractivity contribution in [3.05, 3.63) is 0 Å². The van der Waals surface area contributed by atoms with E-state index in [9.17, 15) is 4.79 Å². The molecular weight excluding hydrogens is 170 g/mol. The molecule has 1 atom stereocenters. The van der Waals surface area contributed by atoms with Crippen molar-refractivity contribution in [3.8, 4) is 0 Å². The zero-order chi connectivity index (χ0) is 9.10. The molecule has 2 saturated heterocycles. The summed E-state index contributed by atoms with van der Waals surface area (Å²) in [6, 6.07) is 0. The van der Waals surface area contributed by atoms with Crippen molar-refractivity contribution in [2.75, 3.05) is 19.8 Å². The summed E-state index contributed by atoms with van der Waals surface area (Å²) in [5.41, 5.74) is 0. The number of rotatable bonds is 1. The molecule has 0 radical (unpaired) electrons. The van der Waals surface area contributed by atoms with Gasteiger partial charge in [-0.15, -0.1) is 0 Å². The van der Waals surface area contributed by atoms with Crippen LogP contribution in [0.3, 0.4) is 0 Å². The molecule has 0 bridgehead atoms. The van der Waals surface area contributed by atoms with Crippen molar-refractivity contribution in [3.63, 3.8) is 0 Å². The number of nitrogens with zero attached hydrogens (tertiary/aromatic N) is 1. The molecule has 2 rings (SSSR count). The van der Waals surface area contributed by atoms with Crippen LogP contribution in [0.25, 0.3) is 0 Å². The topological polar surface area (TPSA) is 38.8 Å². The lowest BCUT2D eigenvalue weighted by Gasteiger charge is -2.27. The third-order valence-electron chi connectivity index (χ3n) is 2.45. The highest BCUT2D eigenvalue weighted by atomic mass is 16.7. The largest absolute Gasteiger partial charge is 0.368 e. The Morgan fingerprint density at radius 3 is 2.77 bits per heavy atom. The molecule has 0 aromatic carbocycles. The average Bonchev–Trinajstić information content (AvgIpc) is 2.71. The monoisotopic (exact) mass is 185 g/mol. The molecule has 2 aliphatic rings. The van der Waals surface area contributed by atoms with Crippen molar-refractivity contribution in [1.29, 1.82) is 0 Å². The fourth-order valence-electron chi connectivity index (χ4n) is 1.70. The Kier molecular flexibility index (Phi) is 2.80. The molecular formula is C9H15NO3. The fraction of sp³-hybridized carbons (Fsp3) is 0.889. The molecule has 13 heavy (non-hydrogen) atoms. The van der Waals surface area contributed by atoms with E-state index < -0.39 is 0 Å². The summed E-state index contributed by atoms with van der Waals surface area (Å²) in [6.45, 7) is 2.10. The molecule has 1 amide bonds. The normalized spacial score (nSPS) is 29.2. The van der Waals surface area contributed by atoms with Gasteiger partial charge in [0.25, 0.3) is 5.91 Å². The summed E-state index contributed by atoms with van der Waals surface area (Å²) in [4.78, 5) is 16.9. The zero-order valence-corrected chi connectivity index (χ0v) is 7.70. The summed E-state index contributed by atoms with van der Waals surface area (Å²) in [6.07, 6.45) is 3.69. The highest BCUT2D eigenvalue weighted by molar-refractivity contribution is 5.80. The summed E-state index contributed by atoms with van der Waals surface area (Å²) in [5.74, 6) is 0.0113. The van der Waals surface area contributed by atoms with Crippen molar-refractivity contribution in [1.82, 2.24) is 5.06 Å². The summed E-state index contributed by atoms with van der Waals surface area (Å²) in [5, 5.41) is 1.47. The van der Waals surface area contributed by atoms with E-state index in [1.165, 1.54) is 5.06 Å². The Bertz CT molecular complexity index is 183. The fourth-order valence-corrected chi connectivity index (χ4v) is 1.70. The molecule has 0 aliphatic carbocycles. The van der Waals surface area contributed by atoms with Crippen LogP contribution in [0.5, 0.6) is 0 Å². The van der Waals surface area contributed by atoms with Crippen molar-refractivity contribution in [2.45, 2.75) is 31.8 Å². The number of hydrogen-bond donors (Lipinski definition) is 0. The zero-order valence-electron chi connectivity index (χ0n) is 7.70. The van der Waals surface area contributed by atoms with Gasteiger partial charge in [-0.25, -0.2) is 5.06 Å². The third-order valence-corrected chi connectivity index (χ3v) is 2.45. The molecule has 4 heteroatoms. The lowest BCUT2D eigenvalue weighted by molar-refractivity contribution is -0.205. The molecule has 0 saturated carbocycles. The van der Waals surface area contributed by atoms with Crippen LogP contribution < -0.4 is 0 Å². The first kappa shape index (κ1) is 8.97. The van der Waals surface area contributed by atoms with Crippen molar-refractivity contribution >= 4 is 5.91 Å². The predicted octanol–water partition coefficient (Wildman–Crippen LogP) is 0.719. The Balaban J connectivity index is 1.87. The van der Waals surface area contributed by atoms with E-state index in [2.05, 4.69) is 0 Å². The maximum atomic E-state index is 11.7. The van der Waals surface area contributed by atoms with Crippen molar-refractivity contribution in [2.24, 2.45) is 0 Å². The van der Waals surface area contributed by atoms with Gasteiger partial charge in [0.2, 0.25) is 0 Å². The Morgan fingerprint density at radius 2 is 2.15 bits per heavy atom. The maximum absolute atomic E-state index is 11.7. The van der Waals surface area contributed by atoms with E-state index in [0.717, 1.165) is 32.2 Å². The highest BCUT2D eigenvalue weighted by Crippen LogP contribution is 2.16. The van der Waals surface area contributed by atoms with Gasteiger partial charge in [-0.2, -0.15) is 0 Å². The van der Waals surface area contributed by atoms with Crippen molar-refractivity contribution < 1.29 is 14.4 Å². The second-order valence-corrected chi connectivity index (χ2v) is 3.48. The Hall–Kier alpha value is -0.610. The minimum Gasteiger partial charge on any atom is -0.368 e. The van der Waals surface area contributed by atoms with E-state index in [1.807, 2.05) is 0 Å². The summed E-state index contributed by atoms with van der Waals surface area (Å²) < 4.78 is 5.30. The highest BCUT2D eigenvalue weighted by Gasteiger charge is 2.29. The van der Waals surface area contributed by atoms with Crippen LogP contribution in [0.4, 0.5) is 0 Å². The lowest BCUT2D eigenvalue weighted by atomic mass is 10.2. The minimum absolute atomic E-state index is 0.0113. The van der Waals surface area contributed by atoms with Gasteiger partial charge in [0.05, 0.1) is 6.61 Å². The molecule has 0 spiro atoms. The molecule has 2 heterocycles. The van der Waals surface area contributed by atoms with Gasteiger partial charge in [0.1, 0.15) is 6.10 Å². The number of carbonyl (C=O) groups excluding carboxylic acids is 1. The molecule has 74 valence electrons. The number of amides is 1. The number of carbonyl (C=O) groups is 1. The molecule has 0 N–H and O–H groups in total. The second kappa shape index (κ2) is 4.07. The third kappa shape index (κ3) is 2.00. The van der Waals surface area contributed by atoms with Gasteiger partial charge in [0, 0.05) is 13.2 Å². The van der Waals surface area contributed by atoms with Crippen LogP contribution in [-0.4, -0.2) is 36.8 Å². The first-order chi connectivity index (χ1) is 6.38. The molecule has 2 fully saturated rings. The van der Waals surface area contributed by atoms with Crippen LogP contribution in [0, 0.1) is 0 Å². The first-order valence-electron chi connectivity index (χ1n) is 4.94. The van der Waals surface area contributed by atoms with Crippen LogP contribution >= 0.6 is 0 Å². The van der Waals surface area contributed by atoms with E-state index in [-0.39, 0.29) is 12.0 Å². The number of hydrogen-bond acceptors (Lipinski definition) is 3. The maximum Gasteiger partial charge on any atom is 0.275 e. The molecule has 2 aliphatic heterocycles. The second-order valence-electron chi connectivity index (χ2n) is 3.48. The van der Waals surface area contributed by atoms with Crippen LogP contribution in [0.2, 0.25) is 0 Å². The Labute approximate surface area is 77.7 Å². The van der Waals surface area contributed by atoms with Gasteiger partial charge < -0.3 is 4.74 Å². The molecule has 4 nitrogen and oxygen atoms in total. The average molecular weight is 185 g/mol. The number of hydroxylamine groups is 2. The van der Waals surface area contributed by atoms with Gasteiger partial charge in [0.15, 0.2) is 0 Å². The lowest BCUT2D eigenvalue weighted by Crippen LogP contribution is -2.41. The first-order valence-corrected chi connectivity index (χ1v) is 4.94. The summed E-state index contributed by atoms with van der Waals surface area (Å²) >= 11 is 0. The molecule has 0 aromatic heterocycles. The smallest absolute Gasteiger partial charge is 0.275 e. The van der Waals surface area contributed by atoms with Gasteiger partial charge in [-0.1, -0.05) is 0 Å². The molecule has 0 aromatic rings. The van der Waals surface area contributed by atoms with E-state index >= 15 is 0 Å².